The summed E-state index contributed by atoms with van der Waals surface area (Å²) in [5, 5.41) is 23.9. The number of nitrogens with zero attached hydrogens (tertiary/aromatic N) is 2. The van der Waals surface area contributed by atoms with Gasteiger partial charge in [0.2, 0.25) is 5.91 Å². The summed E-state index contributed by atoms with van der Waals surface area (Å²) < 4.78 is 39.4. The first kappa shape index (κ1) is 31.9. The second-order valence-corrected chi connectivity index (χ2v) is 10.2. The molecule has 0 spiro atoms. The summed E-state index contributed by atoms with van der Waals surface area (Å²) in [6, 6.07) is 11.2. The van der Waals surface area contributed by atoms with Crippen molar-refractivity contribution in [3.63, 3.8) is 0 Å². The van der Waals surface area contributed by atoms with E-state index in [1.807, 2.05) is 0 Å². The van der Waals surface area contributed by atoms with E-state index >= 15 is 0 Å². The molecular formula is C27H29Cl2F3N6O3. The van der Waals surface area contributed by atoms with Crippen LogP contribution in [-0.2, 0) is 4.79 Å². The highest BCUT2D eigenvalue weighted by Crippen LogP contribution is 2.30. The lowest BCUT2D eigenvalue weighted by Gasteiger charge is -2.28. The van der Waals surface area contributed by atoms with Gasteiger partial charge in [-0.1, -0.05) is 29.3 Å². The van der Waals surface area contributed by atoms with Crippen molar-refractivity contribution in [2.24, 2.45) is 16.6 Å². The van der Waals surface area contributed by atoms with E-state index in [0.717, 1.165) is 0 Å². The maximum Gasteiger partial charge on any atom is 0.416 e. The zero-order chi connectivity index (χ0) is 30.3. The molecule has 0 heterocycles. The number of hydrogen-bond donors (Lipinski definition) is 5. The number of aliphatic hydroxyl groups excluding tert-OH is 1. The molecule has 1 aliphatic carbocycles. The number of hydrogen-bond acceptors (Lipinski definition) is 6. The Bertz CT molecular complexity index is 1350. The lowest BCUT2D eigenvalue weighted by atomic mass is 9.82. The number of benzene rings is 2. The minimum Gasteiger partial charge on any atom is -0.400 e. The molecule has 3 amide bonds. The summed E-state index contributed by atoms with van der Waals surface area (Å²) in [6.45, 7) is -1.51. The highest BCUT2D eigenvalue weighted by Gasteiger charge is 2.41. The van der Waals surface area contributed by atoms with Crippen LogP contribution in [0.4, 0.5) is 23.7 Å². The zero-order valence-corrected chi connectivity index (χ0v) is 23.4. The minimum absolute atomic E-state index is 0.105. The third kappa shape index (κ3) is 8.69. The van der Waals surface area contributed by atoms with Gasteiger partial charge in [-0.2, -0.15) is 13.2 Å². The normalized spacial score (nSPS) is 18.4. The van der Waals surface area contributed by atoms with Gasteiger partial charge in [0.15, 0.2) is 6.10 Å². The van der Waals surface area contributed by atoms with Crippen LogP contribution in [0.15, 0.2) is 64.8 Å². The lowest BCUT2D eigenvalue weighted by molar-refractivity contribution is -0.204. The molecule has 0 bridgehead atoms. The van der Waals surface area contributed by atoms with Gasteiger partial charge in [-0.05, 0) is 60.9 Å². The molecule has 2 aromatic rings. The summed E-state index contributed by atoms with van der Waals surface area (Å²) >= 11 is 11.9. The van der Waals surface area contributed by atoms with Crippen LogP contribution in [0.25, 0.3) is 0 Å². The first-order valence-corrected chi connectivity index (χ1v) is 13.2. The smallest absolute Gasteiger partial charge is 0.400 e. The van der Waals surface area contributed by atoms with Gasteiger partial charge in [0.1, 0.15) is 5.84 Å². The van der Waals surface area contributed by atoms with Crippen molar-refractivity contribution in [3.8, 4) is 0 Å². The maximum absolute atomic E-state index is 13.1. The molecule has 3 rings (SSSR count). The summed E-state index contributed by atoms with van der Waals surface area (Å²) in [6.07, 6.45) is -6.83. The number of aliphatic hydroxyl groups is 1. The van der Waals surface area contributed by atoms with E-state index in [1.54, 1.807) is 24.3 Å². The van der Waals surface area contributed by atoms with E-state index in [1.165, 1.54) is 31.3 Å². The number of carbonyl (C=O) groups is 2. The first-order chi connectivity index (χ1) is 19.3. The molecule has 1 fully saturated rings. The Labute approximate surface area is 244 Å². The Morgan fingerprint density at radius 3 is 2.49 bits per heavy atom. The van der Waals surface area contributed by atoms with Crippen molar-refractivity contribution in [1.29, 1.82) is 5.41 Å². The maximum atomic E-state index is 13.1. The Kier molecular flexibility index (Phi) is 10.8. The van der Waals surface area contributed by atoms with Crippen molar-refractivity contribution in [1.82, 2.24) is 15.5 Å². The predicted molar refractivity (Wildman–Crippen MR) is 152 cm³/mol. The molecule has 9 nitrogen and oxygen atoms in total. The predicted octanol–water partition coefficient (Wildman–Crippen LogP) is 4.79. The second kappa shape index (κ2) is 13.8. The first-order valence-electron chi connectivity index (χ1n) is 12.5. The van der Waals surface area contributed by atoms with Crippen LogP contribution in [0.1, 0.15) is 24.8 Å². The van der Waals surface area contributed by atoms with E-state index in [4.69, 9.17) is 34.3 Å². The van der Waals surface area contributed by atoms with Gasteiger partial charge in [0.05, 0.1) is 18.8 Å². The van der Waals surface area contributed by atoms with Gasteiger partial charge in [-0.25, -0.2) is 4.79 Å². The van der Waals surface area contributed by atoms with Crippen LogP contribution in [0.2, 0.25) is 10.0 Å². The molecule has 0 aromatic heterocycles. The summed E-state index contributed by atoms with van der Waals surface area (Å²) in [5.41, 5.74) is 8.26. The van der Waals surface area contributed by atoms with Crippen molar-refractivity contribution in [2.45, 2.75) is 31.5 Å². The number of carbonyl (C=O) groups excluding carboxylic acids is 2. The highest BCUT2D eigenvalue weighted by atomic mass is 35.5. The van der Waals surface area contributed by atoms with E-state index in [0.29, 0.717) is 44.8 Å². The van der Waals surface area contributed by atoms with Gasteiger partial charge in [-0.15, -0.1) is 0 Å². The molecule has 1 saturated carbocycles. The number of halogens is 5. The number of amidine groups is 1. The van der Waals surface area contributed by atoms with Crippen molar-refractivity contribution >= 4 is 52.4 Å². The number of nitrogens with two attached hydrogens (primary N) is 1. The van der Waals surface area contributed by atoms with Gasteiger partial charge < -0.3 is 21.5 Å². The Morgan fingerprint density at radius 2 is 1.88 bits per heavy atom. The van der Waals surface area contributed by atoms with E-state index in [-0.39, 0.29) is 36.1 Å². The number of alkyl halides is 3. The number of urea groups is 1. The van der Waals surface area contributed by atoms with Gasteiger partial charge >= 0.3 is 12.2 Å². The topological polar surface area (TPSA) is 144 Å². The third-order valence-corrected chi connectivity index (χ3v) is 6.89. The zero-order valence-electron chi connectivity index (χ0n) is 21.9. The summed E-state index contributed by atoms with van der Waals surface area (Å²) in [4.78, 5) is 30.5. The highest BCUT2D eigenvalue weighted by molar-refractivity contribution is 6.31. The second-order valence-electron chi connectivity index (χ2n) is 9.28. The van der Waals surface area contributed by atoms with Crippen LogP contribution >= 0.6 is 23.2 Å². The van der Waals surface area contributed by atoms with Crippen LogP contribution in [0, 0.1) is 11.3 Å². The Morgan fingerprint density at radius 1 is 1.20 bits per heavy atom. The Balaban J connectivity index is 1.87. The van der Waals surface area contributed by atoms with E-state index in [9.17, 15) is 27.9 Å². The fraction of sp³-hybridized carbons (Fsp3) is 0.333. The largest absolute Gasteiger partial charge is 0.416 e. The van der Waals surface area contributed by atoms with Crippen molar-refractivity contribution in [3.05, 3.63) is 75.4 Å². The molecule has 0 aliphatic heterocycles. The molecule has 41 heavy (non-hydrogen) atoms. The summed E-state index contributed by atoms with van der Waals surface area (Å²) in [5.74, 6) is -1.10. The quantitative estimate of drug-likeness (QED) is 0.226. The lowest BCUT2D eigenvalue weighted by Crippen LogP contribution is -2.51. The number of amides is 3. The van der Waals surface area contributed by atoms with Crippen LogP contribution in [0.5, 0.6) is 0 Å². The van der Waals surface area contributed by atoms with E-state index < -0.39 is 30.7 Å². The fourth-order valence-electron chi connectivity index (χ4n) is 4.20. The molecule has 2 aromatic carbocycles. The number of aliphatic imine (C=N–C) groups is 1. The molecule has 14 heteroatoms. The van der Waals surface area contributed by atoms with E-state index in [2.05, 4.69) is 15.6 Å². The number of rotatable bonds is 7. The standard InChI is InChI=1S/C27H29Cl2F3N6O3/c1-35-25(40)16-7-10-20(22(11-16)37-19-4-2-3-18(29)12-19)21(33)13-36-26(41)38(14-23(39)27(30,31)32)24(34)15-5-8-17(28)9-6-15/h2-6,8-9,12,16,23,34,39H,7,10-11,13-14,33H2,1H3,(H,35,40)(H,36,41)/b21-20-,34-24?,37-22?/t16?,23-/m0/s1. The van der Waals surface area contributed by atoms with Gasteiger partial charge in [0.25, 0.3) is 0 Å². The number of nitrogens with one attached hydrogen (secondary N) is 3. The van der Waals surface area contributed by atoms with Crippen LogP contribution in [-0.4, -0.2) is 65.9 Å². The average Bonchev–Trinajstić information content (AvgIpc) is 2.93. The van der Waals surface area contributed by atoms with Gasteiger partial charge in [-0.3, -0.25) is 20.1 Å². The monoisotopic (exact) mass is 612 g/mol. The average molecular weight is 613 g/mol. The van der Waals surface area contributed by atoms with Gasteiger partial charge in [0, 0.05) is 46.4 Å². The molecule has 1 unspecified atom stereocenters. The molecule has 0 saturated heterocycles. The minimum atomic E-state index is -5.02. The van der Waals surface area contributed by atoms with Crippen LogP contribution in [0.3, 0.4) is 0 Å². The van der Waals surface area contributed by atoms with Crippen molar-refractivity contribution in [2.75, 3.05) is 20.1 Å². The number of allylic oxidation sites excluding steroid dienone is 1. The third-order valence-electron chi connectivity index (χ3n) is 6.40. The molecule has 1 aliphatic rings. The molecule has 0 radical (unpaired) electrons. The Hall–Kier alpha value is -3.61. The molecule has 6 N–H and O–H groups in total. The molecule has 220 valence electrons. The summed E-state index contributed by atoms with van der Waals surface area (Å²) in [7, 11) is 1.54. The molecule has 2 atom stereocenters. The van der Waals surface area contributed by atoms with Crippen molar-refractivity contribution < 1.29 is 27.9 Å². The molecular weight excluding hydrogens is 584 g/mol. The SMILES string of the molecule is CNC(=O)C1CC/C(=C(/N)CNC(=O)N(C[C@H](O)C(F)(F)F)C(=N)c2ccc(Cl)cc2)C(=Nc2cccc(Cl)c2)C1. The fourth-order valence-corrected chi connectivity index (χ4v) is 4.51. The van der Waals surface area contributed by atoms with Crippen LogP contribution < -0.4 is 16.4 Å².